The normalized spacial score (nSPS) is 9.95. The predicted molar refractivity (Wildman–Crippen MR) is 74.4 cm³/mol. The van der Waals surface area contributed by atoms with Crippen LogP contribution in [0.25, 0.3) is 0 Å². The molecule has 0 atom stereocenters. The maximum Gasteiger partial charge on any atom is 0.318 e. The summed E-state index contributed by atoms with van der Waals surface area (Å²) in [5.74, 6) is -2.05. The van der Waals surface area contributed by atoms with Gasteiger partial charge in [-0.25, -0.2) is 0 Å². The molecule has 6 heteroatoms. The van der Waals surface area contributed by atoms with E-state index in [0.29, 0.717) is 6.54 Å². The van der Waals surface area contributed by atoms with Crippen molar-refractivity contribution in [2.45, 2.75) is 13.5 Å². The van der Waals surface area contributed by atoms with Crippen LogP contribution in [-0.2, 0) is 20.9 Å². The zero-order valence-electron chi connectivity index (χ0n) is 11.7. The van der Waals surface area contributed by atoms with Crippen molar-refractivity contribution < 1.29 is 14.4 Å². The number of nitrogens with zero attached hydrogens (tertiary/aromatic N) is 2. The number of rotatable bonds is 4. The monoisotopic (exact) mass is 277 g/mol. The number of hydrogen-bond acceptors (Lipinski definition) is 4. The van der Waals surface area contributed by atoms with Gasteiger partial charge < -0.3 is 10.6 Å². The third-order valence-electron chi connectivity index (χ3n) is 2.77. The Balaban J connectivity index is 2.72. The second kappa shape index (κ2) is 7.40. The Morgan fingerprint density at radius 1 is 1.10 bits per heavy atom. The maximum absolute atomic E-state index is 12.0. The van der Waals surface area contributed by atoms with E-state index in [1.807, 2.05) is 30.3 Å². The van der Waals surface area contributed by atoms with E-state index in [4.69, 9.17) is 5.73 Å². The molecule has 0 unspecified atom stereocenters. The van der Waals surface area contributed by atoms with Crippen LogP contribution in [0.3, 0.4) is 0 Å². The molecule has 0 fully saturated rings. The van der Waals surface area contributed by atoms with Gasteiger partial charge in [-0.2, -0.15) is 0 Å². The number of hydrogen-bond donors (Lipinski definition) is 1. The summed E-state index contributed by atoms with van der Waals surface area (Å²) < 4.78 is 0. The molecule has 0 aliphatic rings. The second-order valence-corrected chi connectivity index (χ2v) is 4.41. The van der Waals surface area contributed by atoms with Gasteiger partial charge in [-0.1, -0.05) is 30.3 Å². The number of carbonyl (C=O) groups is 3. The van der Waals surface area contributed by atoms with Crippen LogP contribution in [-0.4, -0.2) is 47.7 Å². The van der Waals surface area contributed by atoms with Gasteiger partial charge in [-0.05, 0) is 5.56 Å². The average Bonchev–Trinajstić information content (AvgIpc) is 2.44. The first-order chi connectivity index (χ1) is 9.47. The van der Waals surface area contributed by atoms with Crippen LogP contribution in [0.2, 0.25) is 0 Å². The summed E-state index contributed by atoms with van der Waals surface area (Å²) >= 11 is 0. The average molecular weight is 277 g/mol. The Labute approximate surface area is 118 Å². The number of imide groups is 1. The largest absolute Gasteiger partial charge is 0.333 e. The van der Waals surface area contributed by atoms with Crippen LogP contribution >= 0.6 is 0 Å². The highest BCUT2D eigenvalue weighted by Gasteiger charge is 2.27. The number of benzene rings is 1. The van der Waals surface area contributed by atoms with E-state index < -0.39 is 17.7 Å². The summed E-state index contributed by atoms with van der Waals surface area (Å²) in [7, 11) is 1.52. The van der Waals surface area contributed by atoms with Crippen LogP contribution in [0.15, 0.2) is 30.3 Å². The van der Waals surface area contributed by atoms with E-state index in [-0.39, 0.29) is 13.1 Å². The van der Waals surface area contributed by atoms with Crippen LogP contribution in [0.4, 0.5) is 0 Å². The van der Waals surface area contributed by atoms with E-state index in [2.05, 4.69) is 0 Å². The first-order valence-corrected chi connectivity index (χ1v) is 6.29. The SMILES string of the molecule is CC(=O)N(CCN)C(=O)C(=O)N(C)Cc1ccccc1. The van der Waals surface area contributed by atoms with Gasteiger partial charge in [0.2, 0.25) is 5.91 Å². The molecule has 2 N–H and O–H groups in total. The summed E-state index contributed by atoms with van der Waals surface area (Å²) in [6, 6.07) is 9.29. The van der Waals surface area contributed by atoms with Gasteiger partial charge in [0.1, 0.15) is 0 Å². The first kappa shape index (κ1) is 15.8. The standard InChI is InChI=1S/C14H19N3O3/c1-11(18)17(9-8-15)14(20)13(19)16(2)10-12-6-4-3-5-7-12/h3-7H,8-10,15H2,1-2H3. The van der Waals surface area contributed by atoms with Crippen molar-refractivity contribution in [1.29, 1.82) is 0 Å². The summed E-state index contributed by atoms with van der Waals surface area (Å²) in [4.78, 5) is 37.5. The third-order valence-corrected chi connectivity index (χ3v) is 2.77. The molecule has 0 heterocycles. The zero-order chi connectivity index (χ0) is 15.1. The van der Waals surface area contributed by atoms with Crippen LogP contribution in [0, 0.1) is 0 Å². The predicted octanol–water partition coefficient (Wildman–Crippen LogP) is -0.0212. The fraction of sp³-hybridized carbons (Fsp3) is 0.357. The molecule has 1 rings (SSSR count). The number of likely N-dealkylation sites (N-methyl/N-ethyl adjacent to an activating group) is 1. The molecule has 0 spiro atoms. The topological polar surface area (TPSA) is 83.7 Å². The van der Waals surface area contributed by atoms with Gasteiger partial charge >= 0.3 is 11.8 Å². The van der Waals surface area contributed by atoms with Gasteiger partial charge in [0.25, 0.3) is 0 Å². The van der Waals surface area contributed by atoms with Crippen molar-refractivity contribution in [3.8, 4) is 0 Å². The molecule has 0 radical (unpaired) electrons. The van der Waals surface area contributed by atoms with Gasteiger partial charge in [0.15, 0.2) is 0 Å². The Hall–Kier alpha value is -2.21. The minimum Gasteiger partial charge on any atom is -0.333 e. The molecule has 3 amide bonds. The molecule has 0 saturated heterocycles. The molecule has 0 saturated carbocycles. The lowest BCUT2D eigenvalue weighted by Gasteiger charge is -2.22. The van der Waals surface area contributed by atoms with Crippen molar-refractivity contribution in [2.24, 2.45) is 5.73 Å². The maximum atomic E-state index is 12.0. The number of nitrogens with two attached hydrogens (primary N) is 1. The lowest BCUT2D eigenvalue weighted by molar-refractivity contribution is -0.155. The molecule has 1 aromatic rings. The van der Waals surface area contributed by atoms with E-state index in [0.717, 1.165) is 10.5 Å². The summed E-state index contributed by atoms with van der Waals surface area (Å²) in [5.41, 5.74) is 6.24. The first-order valence-electron chi connectivity index (χ1n) is 6.29. The molecular weight excluding hydrogens is 258 g/mol. The number of carbonyl (C=O) groups excluding carboxylic acids is 3. The highest BCUT2D eigenvalue weighted by atomic mass is 16.2. The van der Waals surface area contributed by atoms with Crippen molar-refractivity contribution in [3.05, 3.63) is 35.9 Å². The van der Waals surface area contributed by atoms with Crippen molar-refractivity contribution in [2.75, 3.05) is 20.1 Å². The fourth-order valence-corrected chi connectivity index (χ4v) is 1.74. The van der Waals surface area contributed by atoms with Gasteiger partial charge in [-0.15, -0.1) is 0 Å². The van der Waals surface area contributed by atoms with Gasteiger partial charge in [0, 0.05) is 33.6 Å². The van der Waals surface area contributed by atoms with Crippen molar-refractivity contribution in [1.82, 2.24) is 9.80 Å². The summed E-state index contributed by atoms with van der Waals surface area (Å²) in [6.45, 7) is 1.71. The summed E-state index contributed by atoms with van der Waals surface area (Å²) in [6.07, 6.45) is 0. The lowest BCUT2D eigenvalue weighted by atomic mass is 10.2. The van der Waals surface area contributed by atoms with E-state index in [1.54, 1.807) is 0 Å². The second-order valence-electron chi connectivity index (χ2n) is 4.41. The van der Waals surface area contributed by atoms with Crippen molar-refractivity contribution in [3.63, 3.8) is 0 Å². The van der Waals surface area contributed by atoms with Crippen LogP contribution in [0.5, 0.6) is 0 Å². The van der Waals surface area contributed by atoms with E-state index in [1.165, 1.54) is 18.9 Å². The molecule has 0 aromatic heterocycles. The highest BCUT2D eigenvalue weighted by molar-refractivity contribution is 6.37. The van der Waals surface area contributed by atoms with E-state index >= 15 is 0 Å². The Kier molecular flexibility index (Phi) is 5.86. The quantitative estimate of drug-likeness (QED) is 0.784. The molecule has 1 aromatic carbocycles. The molecule has 6 nitrogen and oxygen atoms in total. The molecule has 0 aliphatic heterocycles. The smallest absolute Gasteiger partial charge is 0.318 e. The molecular formula is C14H19N3O3. The minimum atomic E-state index is -0.846. The Bertz CT molecular complexity index is 488. The Morgan fingerprint density at radius 3 is 2.20 bits per heavy atom. The van der Waals surface area contributed by atoms with Gasteiger partial charge in [-0.3, -0.25) is 19.3 Å². The van der Waals surface area contributed by atoms with Gasteiger partial charge in [0.05, 0.1) is 0 Å². The highest BCUT2D eigenvalue weighted by Crippen LogP contribution is 2.04. The third kappa shape index (κ3) is 4.17. The summed E-state index contributed by atoms with van der Waals surface area (Å²) in [5, 5.41) is 0. The minimum absolute atomic E-state index is 0.0408. The van der Waals surface area contributed by atoms with E-state index in [9.17, 15) is 14.4 Å². The molecule has 0 aliphatic carbocycles. The van der Waals surface area contributed by atoms with Crippen LogP contribution in [0.1, 0.15) is 12.5 Å². The zero-order valence-corrected chi connectivity index (χ0v) is 11.7. The number of amides is 3. The fourth-order valence-electron chi connectivity index (χ4n) is 1.74. The lowest BCUT2D eigenvalue weighted by Crippen LogP contribution is -2.47. The van der Waals surface area contributed by atoms with Crippen LogP contribution < -0.4 is 5.73 Å². The molecule has 20 heavy (non-hydrogen) atoms. The molecule has 0 bridgehead atoms. The Morgan fingerprint density at radius 2 is 1.70 bits per heavy atom. The molecule has 108 valence electrons. The van der Waals surface area contributed by atoms with Crippen molar-refractivity contribution >= 4 is 17.7 Å².